The molecule has 1 N–H and O–H groups in total. The fourth-order valence-corrected chi connectivity index (χ4v) is 4.22. The van der Waals surface area contributed by atoms with Gasteiger partial charge in [-0.1, -0.05) is 69.7 Å². The predicted molar refractivity (Wildman–Crippen MR) is 117 cm³/mol. The van der Waals surface area contributed by atoms with Crippen molar-refractivity contribution in [3.63, 3.8) is 0 Å². The van der Waals surface area contributed by atoms with E-state index in [1.54, 1.807) is 6.08 Å². The van der Waals surface area contributed by atoms with E-state index in [2.05, 4.69) is 15.9 Å². The zero-order valence-corrected chi connectivity index (χ0v) is 17.9. The van der Waals surface area contributed by atoms with E-state index in [9.17, 15) is 4.79 Å². The number of amides is 1. The van der Waals surface area contributed by atoms with E-state index in [1.165, 1.54) is 22.2 Å². The smallest absolute Gasteiger partial charge is 0.266 e. The fourth-order valence-electron chi connectivity index (χ4n) is 2.54. The lowest BCUT2D eigenvalue weighted by Crippen LogP contribution is -2.30. The number of rotatable bonds is 6. The van der Waals surface area contributed by atoms with Crippen molar-refractivity contribution < 1.29 is 14.6 Å². The molecule has 7 heteroatoms. The number of ether oxygens (including phenoxy) is 1. The second kappa shape index (κ2) is 9.01. The minimum absolute atomic E-state index is 0.123. The number of aliphatic hydroxyl groups is 1. The Kier molecular flexibility index (Phi) is 6.70. The van der Waals surface area contributed by atoms with Gasteiger partial charge in [0, 0.05) is 10.0 Å². The molecule has 0 atom stereocenters. The number of hydrogen-bond acceptors (Lipinski definition) is 5. The highest BCUT2D eigenvalue weighted by Crippen LogP contribution is 2.35. The van der Waals surface area contributed by atoms with Crippen molar-refractivity contribution in [3.05, 3.63) is 68.5 Å². The molecule has 1 amide bonds. The van der Waals surface area contributed by atoms with Crippen molar-refractivity contribution >= 4 is 56.2 Å². The molecule has 27 heavy (non-hydrogen) atoms. The maximum atomic E-state index is 12.5. The molecule has 2 aromatic rings. The van der Waals surface area contributed by atoms with E-state index >= 15 is 0 Å². The number of β-amino-alcohol motifs (C(OH)–C–C–N with tert-alkyl or cyclic N) is 1. The molecule has 0 unspecified atom stereocenters. The van der Waals surface area contributed by atoms with E-state index in [0.29, 0.717) is 21.6 Å². The number of benzene rings is 2. The average Bonchev–Trinajstić information content (AvgIpc) is 2.90. The van der Waals surface area contributed by atoms with E-state index in [-0.39, 0.29) is 19.1 Å². The van der Waals surface area contributed by atoms with Gasteiger partial charge in [0.25, 0.3) is 5.91 Å². The molecule has 0 aromatic heterocycles. The fraction of sp³-hybridized carbons (Fsp3) is 0.200. The number of halogens is 1. The van der Waals surface area contributed by atoms with E-state index < -0.39 is 0 Å². The maximum absolute atomic E-state index is 12.5. The average molecular weight is 464 g/mol. The highest BCUT2D eigenvalue weighted by molar-refractivity contribution is 9.10. The van der Waals surface area contributed by atoms with Crippen LogP contribution in [0.5, 0.6) is 5.75 Å². The maximum Gasteiger partial charge on any atom is 0.266 e. The highest BCUT2D eigenvalue weighted by atomic mass is 79.9. The summed E-state index contributed by atoms with van der Waals surface area (Å²) in [6.07, 6.45) is 1.78. The number of aliphatic hydroxyl groups excluding tert-OH is 1. The molecule has 1 aliphatic rings. The van der Waals surface area contributed by atoms with Gasteiger partial charge >= 0.3 is 0 Å². The van der Waals surface area contributed by atoms with Crippen LogP contribution in [0.1, 0.15) is 16.7 Å². The number of hydrogen-bond donors (Lipinski definition) is 1. The molecule has 3 rings (SSSR count). The molecule has 1 heterocycles. The molecule has 0 radical (unpaired) electrons. The highest BCUT2D eigenvalue weighted by Gasteiger charge is 2.31. The van der Waals surface area contributed by atoms with Gasteiger partial charge in [-0.05, 0) is 36.8 Å². The molecule has 0 bridgehead atoms. The first kappa shape index (κ1) is 20.1. The summed E-state index contributed by atoms with van der Waals surface area (Å²) in [7, 11) is 0. The Labute approximate surface area is 176 Å². The van der Waals surface area contributed by atoms with Gasteiger partial charge in [-0.2, -0.15) is 0 Å². The Hall–Kier alpha value is -1.67. The van der Waals surface area contributed by atoms with Gasteiger partial charge in [0.15, 0.2) is 0 Å². The van der Waals surface area contributed by atoms with Crippen LogP contribution in [0.25, 0.3) is 6.08 Å². The van der Waals surface area contributed by atoms with Crippen LogP contribution in [0.3, 0.4) is 0 Å². The van der Waals surface area contributed by atoms with Crippen LogP contribution in [0.4, 0.5) is 0 Å². The summed E-state index contributed by atoms with van der Waals surface area (Å²) < 4.78 is 7.34. The lowest BCUT2D eigenvalue weighted by atomic mass is 10.1. The Balaban J connectivity index is 1.83. The van der Waals surface area contributed by atoms with Gasteiger partial charge in [0.2, 0.25) is 0 Å². The molecule has 4 nitrogen and oxygen atoms in total. The monoisotopic (exact) mass is 463 g/mol. The zero-order chi connectivity index (χ0) is 19.4. The Morgan fingerprint density at radius 2 is 2.00 bits per heavy atom. The third kappa shape index (κ3) is 4.99. The van der Waals surface area contributed by atoms with Gasteiger partial charge in [0.1, 0.15) is 16.7 Å². The molecule has 140 valence electrons. The quantitative estimate of drug-likeness (QED) is 0.503. The first-order chi connectivity index (χ1) is 13.0. The third-order valence-electron chi connectivity index (χ3n) is 3.97. The van der Waals surface area contributed by atoms with Gasteiger partial charge in [-0.3, -0.25) is 9.69 Å². The van der Waals surface area contributed by atoms with Gasteiger partial charge in [-0.15, -0.1) is 0 Å². The summed E-state index contributed by atoms with van der Waals surface area (Å²) in [5.74, 6) is 0.495. The van der Waals surface area contributed by atoms with Crippen molar-refractivity contribution in [3.8, 4) is 5.75 Å². The standard InChI is InChI=1S/C20H18BrNO3S2/c1-13-2-4-14(5-3-13)12-25-17-7-6-16(21)10-15(17)11-18-19(24)22(8-9-23)20(26)27-18/h2-7,10-11,23H,8-9,12H2,1H3. The normalized spacial score (nSPS) is 15.7. The Bertz CT molecular complexity index is 897. The van der Waals surface area contributed by atoms with E-state index in [4.69, 9.17) is 22.1 Å². The molecule has 0 spiro atoms. The second-order valence-electron chi connectivity index (χ2n) is 6.01. The molecule has 1 aliphatic heterocycles. The van der Waals surface area contributed by atoms with Crippen LogP contribution in [0, 0.1) is 6.92 Å². The van der Waals surface area contributed by atoms with Crippen LogP contribution in [-0.2, 0) is 11.4 Å². The summed E-state index contributed by atoms with van der Waals surface area (Å²) >= 11 is 9.94. The van der Waals surface area contributed by atoms with Crippen LogP contribution >= 0.6 is 39.9 Å². The van der Waals surface area contributed by atoms with Crippen LogP contribution in [0.15, 0.2) is 51.8 Å². The van der Waals surface area contributed by atoms with Crippen molar-refractivity contribution in [2.24, 2.45) is 0 Å². The zero-order valence-electron chi connectivity index (χ0n) is 14.6. The number of thiocarbonyl (C=S) groups is 1. The summed E-state index contributed by atoms with van der Waals surface area (Å²) in [5, 5.41) is 9.11. The number of thioether (sulfide) groups is 1. The Morgan fingerprint density at radius 3 is 2.70 bits per heavy atom. The van der Waals surface area contributed by atoms with E-state index in [0.717, 1.165) is 15.6 Å². The summed E-state index contributed by atoms with van der Waals surface area (Å²) in [6, 6.07) is 13.9. The van der Waals surface area contributed by atoms with E-state index in [1.807, 2.05) is 49.4 Å². The van der Waals surface area contributed by atoms with Crippen LogP contribution in [0.2, 0.25) is 0 Å². The van der Waals surface area contributed by atoms with Crippen LogP contribution < -0.4 is 4.74 Å². The van der Waals surface area contributed by atoms with Gasteiger partial charge < -0.3 is 9.84 Å². The SMILES string of the molecule is Cc1ccc(COc2ccc(Br)cc2C=C2SC(=S)N(CCO)C2=O)cc1. The minimum atomic E-state index is -0.191. The third-order valence-corrected chi connectivity index (χ3v) is 5.84. The molecule has 1 fully saturated rings. The first-order valence-electron chi connectivity index (χ1n) is 8.32. The molecule has 0 saturated carbocycles. The van der Waals surface area contributed by atoms with Crippen LogP contribution in [-0.4, -0.2) is 33.4 Å². The summed E-state index contributed by atoms with van der Waals surface area (Å²) in [6.45, 7) is 2.57. The lowest BCUT2D eigenvalue weighted by molar-refractivity contribution is -0.122. The predicted octanol–water partition coefficient (Wildman–Crippen LogP) is 4.53. The number of carbonyl (C=O) groups excluding carboxylic acids is 1. The second-order valence-corrected chi connectivity index (χ2v) is 8.60. The number of nitrogens with zero attached hydrogens (tertiary/aromatic N) is 1. The minimum Gasteiger partial charge on any atom is -0.488 e. The van der Waals surface area contributed by atoms with Crippen molar-refractivity contribution in [2.45, 2.75) is 13.5 Å². The summed E-state index contributed by atoms with van der Waals surface area (Å²) in [5.41, 5.74) is 3.07. The van der Waals surface area contributed by atoms with Crippen molar-refractivity contribution in [2.75, 3.05) is 13.2 Å². The van der Waals surface area contributed by atoms with Crippen molar-refractivity contribution in [1.29, 1.82) is 0 Å². The summed E-state index contributed by atoms with van der Waals surface area (Å²) in [4.78, 5) is 14.4. The van der Waals surface area contributed by atoms with Gasteiger partial charge in [-0.25, -0.2) is 0 Å². The molecule has 1 saturated heterocycles. The lowest BCUT2D eigenvalue weighted by Gasteiger charge is -2.12. The molecular formula is C20H18BrNO3S2. The number of carbonyl (C=O) groups is 1. The number of aryl methyl sites for hydroxylation is 1. The molecular weight excluding hydrogens is 446 g/mol. The van der Waals surface area contributed by atoms with Crippen molar-refractivity contribution in [1.82, 2.24) is 4.90 Å². The Morgan fingerprint density at radius 1 is 1.26 bits per heavy atom. The molecule has 0 aliphatic carbocycles. The first-order valence-corrected chi connectivity index (χ1v) is 10.3. The molecule has 2 aromatic carbocycles. The van der Waals surface area contributed by atoms with Gasteiger partial charge in [0.05, 0.1) is 18.1 Å². The topological polar surface area (TPSA) is 49.8 Å². The largest absolute Gasteiger partial charge is 0.488 e.